The van der Waals surface area contributed by atoms with Gasteiger partial charge < -0.3 is 10.2 Å². The molecule has 1 aromatic carbocycles. The molecule has 1 N–H and O–H groups in total. The molecule has 0 atom stereocenters. The zero-order valence-corrected chi connectivity index (χ0v) is 18.5. The molecule has 0 aliphatic heterocycles. The van der Waals surface area contributed by atoms with Crippen LogP contribution >= 0.6 is 24.0 Å². The van der Waals surface area contributed by atoms with Crippen LogP contribution in [0.25, 0.3) is 0 Å². The first-order chi connectivity index (χ1) is 12.0. The maximum Gasteiger partial charge on any atom is 0.193 e. The number of hydrogen-bond donors (Lipinski definition) is 1. The van der Waals surface area contributed by atoms with Crippen molar-refractivity contribution in [3.05, 3.63) is 52.6 Å². The van der Waals surface area contributed by atoms with Gasteiger partial charge in [0.05, 0.1) is 5.69 Å². The molecule has 0 bridgehead atoms. The fourth-order valence-electron chi connectivity index (χ4n) is 3.08. The van der Waals surface area contributed by atoms with Crippen molar-refractivity contribution in [1.29, 1.82) is 0 Å². The number of aryl methyl sites for hydroxylation is 2. The van der Waals surface area contributed by atoms with Crippen LogP contribution in [0.5, 0.6) is 0 Å². The van der Waals surface area contributed by atoms with Gasteiger partial charge in [-0.1, -0.05) is 26.0 Å². The number of benzene rings is 1. The molecular weight excluding hydrogens is 444 g/mol. The van der Waals surface area contributed by atoms with Gasteiger partial charge in [0.2, 0.25) is 0 Å². The molecule has 0 saturated heterocycles. The van der Waals surface area contributed by atoms with Crippen LogP contribution in [0.15, 0.2) is 29.3 Å². The average molecular weight is 473 g/mol. The highest BCUT2D eigenvalue weighted by atomic mass is 127. The molecule has 1 heterocycles. The van der Waals surface area contributed by atoms with Crippen LogP contribution in [0.1, 0.15) is 36.4 Å². The average Bonchev–Trinajstić information content (AvgIpc) is 2.92. The van der Waals surface area contributed by atoms with Crippen LogP contribution in [0.3, 0.4) is 0 Å². The third-order valence-electron chi connectivity index (χ3n) is 4.36. The Morgan fingerprint density at radius 2 is 1.88 bits per heavy atom. The number of aromatic nitrogens is 2. The minimum atomic E-state index is -0.218. The smallest absolute Gasteiger partial charge is 0.193 e. The van der Waals surface area contributed by atoms with E-state index in [1.807, 2.05) is 23.7 Å². The van der Waals surface area contributed by atoms with Crippen molar-refractivity contribution in [3.63, 3.8) is 0 Å². The Balaban J connectivity index is 0.00000338. The third kappa shape index (κ3) is 5.43. The molecule has 2 rings (SSSR count). The summed E-state index contributed by atoms with van der Waals surface area (Å²) < 4.78 is 15.0. The van der Waals surface area contributed by atoms with E-state index in [0.29, 0.717) is 13.1 Å². The SMILES string of the molecule is CCc1nn(C)c(CC)c1CNC(=NC)N(C)Cc1ccc(F)cc1.I. The van der Waals surface area contributed by atoms with Crippen LogP contribution < -0.4 is 5.32 Å². The first kappa shape index (κ1) is 22.4. The highest BCUT2D eigenvalue weighted by Crippen LogP contribution is 2.15. The Morgan fingerprint density at radius 1 is 1.23 bits per heavy atom. The summed E-state index contributed by atoms with van der Waals surface area (Å²) in [4.78, 5) is 6.39. The fraction of sp³-hybridized carbons (Fsp3) is 0.474. The lowest BCUT2D eigenvalue weighted by atomic mass is 10.1. The molecule has 5 nitrogen and oxygen atoms in total. The molecule has 1 aromatic heterocycles. The molecule has 0 saturated carbocycles. The lowest BCUT2D eigenvalue weighted by Crippen LogP contribution is -2.38. The number of nitrogens with one attached hydrogen (secondary N) is 1. The van der Waals surface area contributed by atoms with Gasteiger partial charge in [-0.2, -0.15) is 5.10 Å². The lowest BCUT2D eigenvalue weighted by Gasteiger charge is -2.22. The molecule has 26 heavy (non-hydrogen) atoms. The Kier molecular flexibility index (Phi) is 9.04. The van der Waals surface area contributed by atoms with Crippen LogP contribution in [0, 0.1) is 5.82 Å². The van der Waals surface area contributed by atoms with Gasteiger partial charge >= 0.3 is 0 Å². The Bertz CT molecular complexity index is 724. The maximum absolute atomic E-state index is 13.0. The molecule has 7 heteroatoms. The number of rotatable bonds is 6. The van der Waals surface area contributed by atoms with Gasteiger partial charge in [0, 0.05) is 45.5 Å². The first-order valence-electron chi connectivity index (χ1n) is 8.69. The molecule has 0 amide bonds. The van der Waals surface area contributed by atoms with E-state index in [4.69, 9.17) is 0 Å². The second-order valence-electron chi connectivity index (χ2n) is 6.09. The van der Waals surface area contributed by atoms with Crippen molar-refractivity contribution >= 4 is 29.9 Å². The summed E-state index contributed by atoms with van der Waals surface area (Å²) in [6.45, 7) is 5.63. The minimum Gasteiger partial charge on any atom is -0.352 e. The molecule has 0 aliphatic carbocycles. The molecule has 144 valence electrons. The van der Waals surface area contributed by atoms with E-state index >= 15 is 0 Å². The van der Waals surface area contributed by atoms with E-state index < -0.39 is 0 Å². The normalized spacial score (nSPS) is 11.2. The van der Waals surface area contributed by atoms with Crippen molar-refractivity contribution in [2.45, 2.75) is 39.8 Å². The van der Waals surface area contributed by atoms with Crippen molar-refractivity contribution < 1.29 is 4.39 Å². The summed E-state index contributed by atoms with van der Waals surface area (Å²) in [5.74, 6) is 0.585. The van der Waals surface area contributed by atoms with E-state index in [-0.39, 0.29) is 29.8 Å². The predicted octanol–water partition coefficient (Wildman–Crippen LogP) is 3.51. The molecule has 0 aliphatic rings. The lowest BCUT2D eigenvalue weighted by molar-refractivity contribution is 0.475. The second kappa shape index (κ2) is 10.5. The number of guanidine groups is 1. The third-order valence-corrected chi connectivity index (χ3v) is 4.36. The maximum atomic E-state index is 13.0. The first-order valence-corrected chi connectivity index (χ1v) is 8.69. The molecular formula is C19H29FIN5. The zero-order valence-electron chi connectivity index (χ0n) is 16.2. The van der Waals surface area contributed by atoms with Crippen molar-refractivity contribution in [3.8, 4) is 0 Å². The number of hydrogen-bond acceptors (Lipinski definition) is 2. The molecule has 2 aromatic rings. The predicted molar refractivity (Wildman–Crippen MR) is 115 cm³/mol. The van der Waals surface area contributed by atoms with Gasteiger partial charge in [-0.25, -0.2) is 4.39 Å². The highest BCUT2D eigenvalue weighted by molar-refractivity contribution is 14.0. The Labute approximate surface area is 172 Å². The molecule has 0 radical (unpaired) electrons. The van der Waals surface area contributed by atoms with Crippen LogP contribution in [0.2, 0.25) is 0 Å². The van der Waals surface area contributed by atoms with E-state index in [9.17, 15) is 4.39 Å². The van der Waals surface area contributed by atoms with E-state index in [1.54, 1.807) is 19.2 Å². The second-order valence-corrected chi connectivity index (χ2v) is 6.09. The Morgan fingerprint density at radius 3 is 2.42 bits per heavy atom. The van der Waals surface area contributed by atoms with Crippen molar-refractivity contribution in [2.75, 3.05) is 14.1 Å². The summed E-state index contributed by atoms with van der Waals surface area (Å²) in [7, 11) is 5.74. The zero-order chi connectivity index (χ0) is 18.4. The highest BCUT2D eigenvalue weighted by Gasteiger charge is 2.15. The summed E-state index contributed by atoms with van der Waals surface area (Å²) in [5, 5.41) is 8.04. The monoisotopic (exact) mass is 473 g/mol. The summed E-state index contributed by atoms with van der Waals surface area (Å²) in [5.41, 5.74) is 4.67. The van der Waals surface area contributed by atoms with Crippen LogP contribution in [0.4, 0.5) is 4.39 Å². The largest absolute Gasteiger partial charge is 0.352 e. The van der Waals surface area contributed by atoms with Crippen LogP contribution in [-0.2, 0) is 33.0 Å². The van der Waals surface area contributed by atoms with Gasteiger partial charge in [-0.3, -0.25) is 9.67 Å². The van der Waals surface area contributed by atoms with E-state index in [0.717, 1.165) is 30.1 Å². The quantitative estimate of drug-likeness (QED) is 0.397. The summed E-state index contributed by atoms with van der Waals surface area (Å²) >= 11 is 0. The van der Waals surface area contributed by atoms with Gasteiger partial charge in [-0.05, 0) is 30.5 Å². The fourth-order valence-corrected chi connectivity index (χ4v) is 3.08. The summed E-state index contributed by atoms with van der Waals surface area (Å²) in [6, 6.07) is 6.56. The van der Waals surface area contributed by atoms with Crippen molar-refractivity contribution in [2.24, 2.45) is 12.0 Å². The molecule has 0 unspecified atom stereocenters. The minimum absolute atomic E-state index is 0. The number of aliphatic imine (C=N–C) groups is 1. The van der Waals surface area contributed by atoms with Crippen LogP contribution in [-0.4, -0.2) is 34.7 Å². The Hall–Kier alpha value is -1.64. The van der Waals surface area contributed by atoms with Gasteiger partial charge in [0.15, 0.2) is 5.96 Å². The van der Waals surface area contributed by atoms with E-state index in [2.05, 4.69) is 29.3 Å². The molecule has 0 spiro atoms. The topological polar surface area (TPSA) is 45.5 Å². The summed E-state index contributed by atoms with van der Waals surface area (Å²) in [6.07, 6.45) is 1.86. The number of halogens is 2. The van der Waals surface area contributed by atoms with Crippen molar-refractivity contribution in [1.82, 2.24) is 20.0 Å². The molecule has 0 fully saturated rings. The van der Waals surface area contributed by atoms with E-state index in [1.165, 1.54) is 23.4 Å². The standard InChI is InChI=1S/C19H28FN5.HI/c1-6-17-16(18(7-2)25(5)23-17)12-22-19(21-3)24(4)13-14-8-10-15(20)11-9-14;/h8-11H,6-7,12-13H2,1-5H3,(H,21,22);1H. The van der Waals surface area contributed by atoms with Gasteiger partial charge in [0.25, 0.3) is 0 Å². The van der Waals surface area contributed by atoms with Gasteiger partial charge in [0.1, 0.15) is 5.82 Å². The number of nitrogens with zero attached hydrogens (tertiary/aromatic N) is 4. The van der Waals surface area contributed by atoms with Gasteiger partial charge in [-0.15, -0.1) is 24.0 Å².